The summed E-state index contributed by atoms with van der Waals surface area (Å²) in [5, 5.41) is 0. The van der Waals surface area contributed by atoms with Gasteiger partial charge in [0.1, 0.15) is 6.33 Å². The summed E-state index contributed by atoms with van der Waals surface area (Å²) in [5.74, 6) is -0.586. The highest BCUT2D eigenvalue weighted by atomic mass is 19.4. The Hall–Kier alpha value is -1.37. The zero-order valence-corrected chi connectivity index (χ0v) is 11.9. The van der Waals surface area contributed by atoms with Crippen molar-refractivity contribution in [2.45, 2.75) is 44.3 Å². The van der Waals surface area contributed by atoms with E-state index < -0.39 is 12.1 Å². The molecule has 21 heavy (non-hydrogen) atoms. The number of halogens is 3. The van der Waals surface area contributed by atoms with Crippen molar-refractivity contribution < 1.29 is 17.9 Å². The van der Waals surface area contributed by atoms with Crippen LogP contribution in [0.2, 0.25) is 0 Å². The molecule has 1 aromatic rings. The van der Waals surface area contributed by atoms with Gasteiger partial charge in [-0.1, -0.05) is 0 Å². The van der Waals surface area contributed by atoms with Crippen LogP contribution in [0.5, 0.6) is 5.88 Å². The molecule has 0 aromatic carbocycles. The van der Waals surface area contributed by atoms with Crippen LogP contribution < -0.4 is 10.5 Å². The van der Waals surface area contributed by atoms with Crippen molar-refractivity contribution >= 4 is 0 Å². The van der Waals surface area contributed by atoms with Gasteiger partial charge in [0, 0.05) is 24.2 Å². The molecule has 2 N–H and O–H groups in total. The van der Waals surface area contributed by atoms with Gasteiger partial charge < -0.3 is 10.5 Å². The fraction of sp³-hybridized carbons (Fsp3) is 0.714. The molecule has 2 rings (SSSR count). The van der Waals surface area contributed by atoms with E-state index in [1.54, 1.807) is 6.07 Å². The van der Waals surface area contributed by atoms with Gasteiger partial charge in [-0.15, -0.1) is 0 Å². The molecule has 7 heteroatoms. The molecule has 1 fully saturated rings. The van der Waals surface area contributed by atoms with Crippen LogP contribution in [0.1, 0.15) is 31.4 Å². The first-order chi connectivity index (χ1) is 9.90. The number of alkyl halides is 3. The van der Waals surface area contributed by atoms with E-state index in [-0.39, 0.29) is 24.8 Å². The van der Waals surface area contributed by atoms with Crippen LogP contribution in [0.4, 0.5) is 13.2 Å². The van der Waals surface area contributed by atoms with Crippen LogP contribution in [-0.4, -0.2) is 29.3 Å². The summed E-state index contributed by atoms with van der Waals surface area (Å²) in [6.07, 6.45) is -0.748. The third-order valence-corrected chi connectivity index (χ3v) is 4.19. The van der Waals surface area contributed by atoms with E-state index in [0.717, 1.165) is 5.69 Å². The van der Waals surface area contributed by atoms with Crippen LogP contribution in [-0.2, 0) is 6.42 Å². The van der Waals surface area contributed by atoms with Gasteiger partial charge in [0.15, 0.2) is 0 Å². The van der Waals surface area contributed by atoms with Crippen LogP contribution in [0.3, 0.4) is 0 Å². The molecule has 1 aliphatic carbocycles. The Morgan fingerprint density at radius 2 is 1.95 bits per heavy atom. The number of nitrogens with zero attached hydrogens (tertiary/aromatic N) is 2. The third-order valence-electron chi connectivity index (χ3n) is 4.19. The third kappa shape index (κ3) is 4.30. The number of nitrogens with two attached hydrogens (primary N) is 1. The van der Waals surface area contributed by atoms with Gasteiger partial charge in [0.05, 0.1) is 13.0 Å². The fourth-order valence-corrected chi connectivity index (χ4v) is 2.88. The maximum Gasteiger partial charge on any atom is 0.391 e. The highest BCUT2D eigenvalue weighted by Crippen LogP contribution is 2.40. The van der Waals surface area contributed by atoms with Gasteiger partial charge >= 0.3 is 6.18 Å². The molecule has 0 bridgehead atoms. The maximum atomic E-state index is 12.6. The lowest BCUT2D eigenvalue weighted by Crippen LogP contribution is -2.37. The maximum absolute atomic E-state index is 12.6. The molecule has 0 amide bonds. The molecule has 118 valence electrons. The molecular formula is C14H20F3N3O. The van der Waals surface area contributed by atoms with Gasteiger partial charge in [0.2, 0.25) is 5.88 Å². The molecule has 1 aromatic heterocycles. The highest BCUT2D eigenvalue weighted by Gasteiger charge is 2.42. The number of hydrogen-bond acceptors (Lipinski definition) is 4. The minimum absolute atomic E-state index is 0.115. The average molecular weight is 303 g/mol. The predicted molar refractivity (Wildman–Crippen MR) is 71.8 cm³/mol. The Kier molecular flexibility index (Phi) is 5.03. The van der Waals surface area contributed by atoms with E-state index in [2.05, 4.69) is 9.97 Å². The lowest BCUT2D eigenvalue weighted by molar-refractivity contribution is -0.184. The van der Waals surface area contributed by atoms with Gasteiger partial charge in [0.25, 0.3) is 0 Å². The first-order valence-corrected chi connectivity index (χ1v) is 7.07. The van der Waals surface area contributed by atoms with Crippen LogP contribution >= 0.6 is 0 Å². The summed E-state index contributed by atoms with van der Waals surface area (Å²) in [5.41, 5.74) is 6.90. The van der Waals surface area contributed by atoms with Crippen molar-refractivity contribution in [3.8, 4) is 5.88 Å². The number of ether oxygens (including phenoxy) is 1. The average Bonchev–Trinajstić information content (AvgIpc) is 2.46. The molecule has 0 aliphatic heterocycles. The first kappa shape index (κ1) is 16.0. The van der Waals surface area contributed by atoms with E-state index in [4.69, 9.17) is 10.5 Å². The minimum atomic E-state index is -4.07. The molecule has 0 radical (unpaired) electrons. The zero-order chi connectivity index (χ0) is 15.5. The summed E-state index contributed by atoms with van der Waals surface area (Å²) >= 11 is 0. The second-order valence-electron chi connectivity index (χ2n) is 5.57. The fourth-order valence-electron chi connectivity index (χ4n) is 2.88. The SMILES string of the molecule is COc1cc(CC(N)C2CCC(C(F)(F)F)CC2)ncn1. The summed E-state index contributed by atoms with van der Waals surface area (Å²) in [6.45, 7) is 0. The quantitative estimate of drug-likeness (QED) is 0.929. The van der Waals surface area contributed by atoms with Gasteiger partial charge in [-0.3, -0.25) is 0 Å². The predicted octanol–water partition coefficient (Wildman–Crippen LogP) is 2.72. The monoisotopic (exact) mass is 303 g/mol. The highest BCUT2D eigenvalue weighted by molar-refractivity contribution is 5.14. The Bertz CT molecular complexity index is 459. The van der Waals surface area contributed by atoms with Gasteiger partial charge in [-0.25, -0.2) is 9.97 Å². The lowest BCUT2D eigenvalue weighted by Gasteiger charge is -2.32. The standard InChI is InChI=1S/C14H20F3N3O/c1-21-13-7-11(19-8-20-13)6-12(18)9-2-4-10(5-3-9)14(15,16)17/h7-10,12H,2-6,18H2,1H3. The van der Waals surface area contributed by atoms with E-state index in [1.165, 1.54) is 13.4 Å². The van der Waals surface area contributed by atoms with Crippen LogP contribution in [0.15, 0.2) is 12.4 Å². The van der Waals surface area contributed by atoms with E-state index in [1.807, 2.05) is 0 Å². The Labute approximate surface area is 121 Å². The molecule has 1 heterocycles. The summed E-state index contributed by atoms with van der Waals surface area (Å²) in [4.78, 5) is 8.04. The molecule has 1 atom stereocenters. The van der Waals surface area contributed by atoms with E-state index >= 15 is 0 Å². The molecule has 1 aliphatic rings. The Balaban J connectivity index is 1.88. The summed E-state index contributed by atoms with van der Waals surface area (Å²) in [7, 11) is 1.52. The van der Waals surface area contributed by atoms with Crippen LogP contribution in [0, 0.1) is 11.8 Å². The normalized spacial score (nSPS) is 24.6. The number of hydrogen-bond donors (Lipinski definition) is 1. The topological polar surface area (TPSA) is 61.0 Å². The number of methoxy groups -OCH3 is 1. The van der Waals surface area contributed by atoms with Crippen molar-refractivity contribution in [1.82, 2.24) is 9.97 Å². The van der Waals surface area contributed by atoms with Crippen molar-refractivity contribution in [2.24, 2.45) is 17.6 Å². The minimum Gasteiger partial charge on any atom is -0.481 e. The molecule has 4 nitrogen and oxygen atoms in total. The van der Waals surface area contributed by atoms with E-state index in [9.17, 15) is 13.2 Å². The van der Waals surface area contributed by atoms with Crippen molar-refractivity contribution in [1.29, 1.82) is 0 Å². The molecular weight excluding hydrogens is 283 g/mol. The largest absolute Gasteiger partial charge is 0.481 e. The molecule has 1 saturated carbocycles. The van der Waals surface area contributed by atoms with Crippen LogP contribution in [0.25, 0.3) is 0 Å². The Morgan fingerprint density at radius 3 is 2.52 bits per heavy atom. The van der Waals surface area contributed by atoms with Gasteiger partial charge in [-0.05, 0) is 31.6 Å². The first-order valence-electron chi connectivity index (χ1n) is 7.07. The molecule has 0 spiro atoms. The van der Waals surface area contributed by atoms with Crippen molar-refractivity contribution in [2.75, 3.05) is 7.11 Å². The molecule has 0 saturated heterocycles. The number of rotatable bonds is 4. The second kappa shape index (κ2) is 6.60. The summed E-state index contributed by atoms with van der Waals surface area (Å²) in [6, 6.07) is 1.53. The van der Waals surface area contributed by atoms with E-state index in [0.29, 0.717) is 25.1 Å². The smallest absolute Gasteiger partial charge is 0.391 e. The molecule has 1 unspecified atom stereocenters. The lowest BCUT2D eigenvalue weighted by atomic mass is 9.77. The number of aromatic nitrogens is 2. The van der Waals surface area contributed by atoms with Gasteiger partial charge in [-0.2, -0.15) is 13.2 Å². The van der Waals surface area contributed by atoms with Crippen molar-refractivity contribution in [3.05, 3.63) is 18.1 Å². The van der Waals surface area contributed by atoms with Crippen molar-refractivity contribution in [3.63, 3.8) is 0 Å². The summed E-state index contributed by atoms with van der Waals surface area (Å²) < 4.78 is 42.9. The Morgan fingerprint density at radius 1 is 1.29 bits per heavy atom. The zero-order valence-electron chi connectivity index (χ0n) is 11.9. The second-order valence-corrected chi connectivity index (χ2v) is 5.57.